The van der Waals surface area contributed by atoms with Gasteiger partial charge in [-0.3, -0.25) is 0 Å². The first-order valence-corrected chi connectivity index (χ1v) is 5.03. The predicted molar refractivity (Wildman–Crippen MR) is 51.2 cm³/mol. The van der Waals surface area contributed by atoms with E-state index in [1.807, 2.05) is 0 Å². The molecule has 0 aromatic carbocycles. The summed E-state index contributed by atoms with van der Waals surface area (Å²) in [4.78, 5) is 3.44. The molecule has 1 rings (SSSR count). The number of pyridine rings is 1. The van der Waals surface area contributed by atoms with E-state index >= 15 is 0 Å². The maximum absolute atomic E-state index is 12.5. The highest BCUT2D eigenvalue weighted by Crippen LogP contribution is 2.29. The van der Waals surface area contributed by atoms with Crippen LogP contribution in [0.5, 0.6) is 0 Å². The lowest BCUT2D eigenvalue weighted by atomic mass is 10.4. The molecule has 0 bridgehead atoms. The molecule has 0 radical (unpaired) electrons. The minimum atomic E-state index is -4.23. The van der Waals surface area contributed by atoms with Crippen molar-refractivity contribution in [2.24, 2.45) is 0 Å². The van der Waals surface area contributed by atoms with Gasteiger partial charge in [-0.2, -0.15) is 17.6 Å². The molecule has 15 heavy (non-hydrogen) atoms. The number of hydrogen-bond donors (Lipinski definition) is 1. The average Bonchev–Trinajstić information content (AvgIpc) is 2.11. The summed E-state index contributed by atoms with van der Waals surface area (Å²) in [6, 6.07) is 4.08. The Morgan fingerprint density at radius 2 is 2.07 bits per heavy atom. The first-order chi connectivity index (χ1) is 6.97. The van der Waals surface area contributed by atoms with Crippen molar-refractivity contribution in [2.75, 3.05) is 17.6 Å². The molecule has 0 saturated heterocycles. The topological polar surface area (TPSA) is 24.9 Å². The number of aromatic nitrogens is 1. The fourth-order valence-corrected chi connectivity index (χ4v) is 1.29. The second-order valence-electron chi connectivity index (χ2n) is 2.57. The summed E-state index contributed by atoms with van der Waals surface area (Å²) in [5, 5.41) is 2.59. The number of nitrogens with one attached hydrogen (secondary N) is 1. The highest BCUT2D eigenvalue weighted by Gasteiger charge is 2.27. The zero-order chi connectivity index (χ0) is 11.3. The first kappa shape index (κ1) is 12.1. The number of thioether (sulfide) groups is 1. The van der Waals surface area contributed by atoms with Crippen LogP contribution < -0.4 is 5.32 Å². The molecule has 84 valence electrons. The number of alkyl halides is 3. The molecular weight excluding hydrogens is 232 g/mol. The molecule has 1 aromatic rings. The van der Waals surface area contributed by atoms with Crippen molar-refractivity contribution < 1.29 is 17.6 Å². The lowest BCUT2D eigenvalue weighted by Gasteiger charge is -2.07. The molecule has 2 nitrogen and oxygen atoms in total. The minimum Gasteiger partial charge on any atom is -0.369 e. The van der Waals surface area contributed by atoms with Crippen LogP contribution in [-0.2, 0) is 0 Å². The quantitative estimate of drug-likeness (QED) is 0.497. The highest BCUT2D eigenvalue weighted by atomic mass is 32.2. The Hall–Kier alpha value is -0.980. The Kier molecular flexibility index (Phi) is 4.19. The van der Waals surface area contributed by atoms with Gasteiger partial charge in [0.2, 0.25) is 5.95 Å². The summed E-state index contributed by atoms with van der Waals surface area (Å²) in [6.07, 6.45) is 0. The molecule has 0 aliphatic rings. The molecule has 0 amide bonds. The van der Waals surface area contributed by atoms with Crippen LogP contribution in [0, 0.1) is 5.95 Å². The van der Waals surface area contributed by atoms with Crippen molar-refractivity contribution in [1.82, 2.24) is 4.98 Å². The van der Waals surface area contributed by atoms with E-state index in [1.165, 1.54) is 12.1 Å². The molecule has 0 aliphatic carbocycles. The van der Waals surface area contributed by atoms with Gasteiger partial charge in [-0.15, -0.1) is 0 Å². The van der Waals surface area contributed by atoms with E-state index in [-0.39, 0.29) is 29.9 Å². The monoisotopic (exact) mass is 240 g/mol. The van der Waals surface area contributed by atoms with Gasteiger partial charge in [0.25, 0.3) is 0 Å². The van der Waals surface area contributed by atoms with Gasteiger partial charge in [-0.05, 0) is 23.9 Å². The van der Waals surface area contributed by atoms with Crippen molar-refractivity contribution in [3.8, 4) is 0 Å². The molecule has 1 N–H and O–H groups in total. The molecule has 0 aliphatic heterocycles. The van der Waals surface area contributed by atoms with Crippen molar-refractivity contribution in [1.29, 1.82) is 0 Å². The van der Waals surface area contributed by atoms with E-state index in [1.54, 1.807) is 0 Å². The van der Waals surface area contributed by atoms with Gasteiger partial charge in [0.15, 0.2) is 0 Å². The van der Waals surface area contributed by atoms with Crippen molar-refractivity contribution in [2.45, 2.75) is 5.51 Å². The van der Waals surface area contributed by atoms with Gasteiger partial charge in [0.05, 0.1) is 0 Å². The fourth-order valence-electron chi connectivity index (χ4n) is 0.853. The molecule has 0 spiro atoms. The van der Waals surface area contributed by atoms with Crippen molar-refractivity contribution >= 4 is 17.6 Å². The molecule has 0 saturated carbocycles. The summed E-state index contributed by atoms with van der Waals surface area (Å²) < 4.78 is 47.6. The summed E-state index contributed by atoms with van der Waals surface area (Å²) in [5.74, 6) is -0.567. The van der Waals surface area contributed by atoms with Gasteiger partial charge in [-0.25, -0.2) is 4.98 Å². The lowest BCUT2D eigenvalue weighted by Crippen LogP contribution is -2.10. The van der Waals surface area contributed by atoms with E-state index in [4.69, 9.17) is 0 Å². The van der Waals surface area contributed by atoms with Crippen LogP contribution in [-0.4, -0.2) is 22.8 Å². The van der Waals surface area contributed by atoms with Gasteiger partial charge < -0.3 is 5.32 Å². The number of rotatable bonds is 4. The van der Waals surface area contributed by atoms with Crippen LogP contribution in [0.4, 0.5) is 23.4 Å². The third-order valence-corrected chi connectivity index (χ3v) is 2.12. The molecular formula is C8H8F4N2S. The van der Waals surface area contributed by atoms with E-state index in [2.05, 4.69) is 10.3 Å². The highest BCUT2D eigenvalue weighted by molar-refractivity contribution is 8.00. The third kappa shape index (κ3) is 5.46. The Balaban J connectivity index is 2.26. The SMILES string of the molecule is Fc1cccc(NCCSC(F)(F)F)n1. The molecule has 0 fully saturated rings. The number of anilines is 1. The smallest absolute Gasteiger partial charge is 0.369 e. The molecule has 1 heterocycles. The maximum Gasteiger partial charge on any atom is 0.441 e. The first-order valence-electron chi connectivity index (χ1n) is 4.04. The van der Waals surface area contributed by atoms with E-state index < -0.39 is 11.5 Å². The van der Waals surface area contributed by atoms with E-state index in [9.17, 15) is 17.6 Å². The lowest BCUT2D eigenvalue weighted by molar-refractivity contribution is -0.0327. The largest absolute Gasteiger partial charge is 0.441 e. The van der Waals surface area contributed by atoms with Gasteiger partial charge in [0.1, 0.15) is 5.82 Å². The summed E-state index contributed by atoms with van der Waals surface area (Å²) >= 11 is -0.127. The minimum absolute atomic E-state index is 0.0840. The summed E-state index contributed by atoms with van der Waals surface area (Å²) in [7, 11) is 0. The molecule has 0 atom stereocenters. The van der Waals surface area contributed by atoms with Crippen molar-refractivity contribution in [3.63, 3.8) is 0 Å². The Morgan fingerprint density at radius 3 is 2.67 bits per heavy atom. The zero-order valence-electron chi connectivity index (χ0n) is 7.51. The fraction of sp³-hybridized carbons (Fsp3) is 0.375. The molecule has 7 heteroatoms. The van der Waals surface area contributed by atoms with Crippen LogP contribution in [0.2, 0.25) is 0 Å². The van der Waals surface area contributed by atoms with Crippen molar-refractivity contribution in [3.05, 3.63) is 24.1 Å². The third-order valence-electron chi connectivity index (χ3n) is 1.39. The zero-order valence-corrected chi connectivity index (χ0v) is 8.33. The predicted octanol–water partition coefficient (Wildman–Crippen LogP) is 2.89. The average molecular weight is 240 g/mol. The van der Waals surface area contributed by atoms with Crippen LogP contribution in [0.1, 0.15) is 0 Å². The maximum atomic E-state index is 12.5. The number of halogens is 4. The van der Waals surface area contributed by atoms with Crippen LogP contribution in [0.15, 0.2) is 18.2 Å². The van der Waals surface area contributed by atoms with Crippen LogP contribution in [0.25, 0.3) is 0 Å². The molecule has 0 unspecified atom stereocenters. The number of hydrogen-bond acceptors (Lipinski definition) is 3. The normalized spacial score (nSPS) is 11.5. The van der Waals surface area contributed by atoms with Crippen LogP contribution in [0.3, 0.4) is 0 Å². The van der Waals surface area contributed by atoms with Crippen LogP contribution >= 0.6 is 11.8 Å². The van der Waals surface area contributed by atoms with E-state index in [0.717, 1.165) is 6.07 Å². The van der Waals surface area contributed by atoms with Gasteiger partial charge in [-0.1, -0.05) is 6.07 Å². The Bertz CT molecular complexity index is 316. The molecule has 1 aromatic heterocycles. The number of nitrogens with zero attached hydrogens (tertiary/aromatic N) is 1. The van der Waals surface area contributed by atoms with E-state index in [0.29, 0.717) is 0 Å². The summed E-state index contributed by atoms with van der Waals surface area (Å²) in [5.41, 5.74) is -4.23. The Labute approximate surface area is 88.1 Å². The van der Waals surface area contributed by atoms with Gasteiger partial charge in [0, 0.05) is 12.3 Å². The standard InChI is InChI=1S/C8H8F4N2S/c9-6-2-1-3-7(14-6)13-4-5-15-8(10,11)12/h1-3H,4-5H2,(H,13,14). The Morgan fingerprint density at radius 1 is 1.33 bits per heavy atom. The van der Waals surface area contributed by atoms with Gasteiger partial charge >= 0.3 is 5.51 Å². The second-order valence-corrected chi connectivity index (χ2v) is 3.73. The second kappa shape index (κ2) is 5.20. The summed E-state index contributed by atoms with van der Waals surface area (Å²) in [6.45, 7) is 0.0840.